The third kappa shape index (κ3) is 4.02. The molecule has 112 valence electrons. The van der Waals surface area contributed by atoms with Crippen LogP contribution in [-0.4, -0.2) is 30.4 Å². The molecule has 1 aromatic rings. The lowest BCUT2D eigenvalue weighted by molar-refractivity contribution is -0.140. The number of anilines is 1. The van der Waals surface area contributed by atoms with Crippen LogP contribution in [0, 0.1) is 0 Å². The first-order valence-corrected chi connectivity index (χ1v) is 7.99. The van der Waals surface area contributed by atoms with E-state index in [1.165, 1.54) is 18.9 Å². The van der Waals surface area contributed by atoms with Gasteiger partial charge in [-0.2, -0.15) is 11.8 Å². The van der Waals surface area contributed by atoms with Crippen LogP contribution in [0.3, 0.4) is 0 Å². The Bertz CT molecular complexity index is 601. The van der Waals surface area contributed by atoms with Gasteiger partial charge in [-0.25, -0.2) is 0 Å². The highest BCUT2D eigenvalue weighted by Crippen LogP contribution is 2.33. The fraction of sp³-hybridized carbons (Fsp3) is 0.333. The Morgan fingerprint density at radius 2 is 2.24 bits per heavy atom. The molecule has 0 radical (unpaired) electrons. The quantitative estimate of drug-likeness (QED) is 0.494. The Morgan fingerprint density at radius 1 is 1.48 bits per heavy atom. The molecular formula is C15H16ClNO3S. The number of Topliss-reactive ketones (excluding diaryl/α,β-unsaturated/α-hetero) is 1. The van der Waals surface area contributed by atoms with E-state index in [4.69, 9.17) is 11.6 Å². The van der Waals surface area contributed by atoms with Gasteiger partial charge < -0.3 is 10.1 Å². The molecule has 6 heteroatoms. The maximum Gasteiger partial charge on any atom is 0.306 e. The minimum absolute atomic E-state index is 0.0322. The summed E-state index contributed by atoms with van der Waals surface area (Å²) < 4.78 is 4.55. The number of hydrogen-bond acceptors (Lipinski definition) is 5. The summed E-state index contributed by atoms with van der Waals surface area (Å²) in [5, 5.41) is 3.57. The highest BCUT2D eigenvalue weighted by molar-refractivity contribution is 8.00. The third-order valence-corrected chi connectivity index (χ3v) is 4.39. The number of thioether (sulfide) groups is 1. The van der Waals surface area contributed by atoms with E-state index in [-0.39, 0.29) is 11.8 Å². The zero-order chi connectivity index (χ0) is 15.4. The zero-order valence-electron chi connectivity index (χ0n) is 11.7. The molecule has 1 aromatic carbocycles. The Morgan fingerprint density at radius 3 is 2.95 bits per heavy atom. The van der Waals surface area contributed by atoms with Crippen LogP contribution in [0.2, 0.25) is 5.02 Å². The van der Waals surface area contributed by atoms with Crippen molar-refractivity contribution in [2.45, 2.75) is 12.8 Å². The fourth-order valence-electron chi connectivity index (χ4n) is 2.06. The summed E-state index contributed by atoms with van der Waals surface area (Å²) in [5.74, 6) is 0.550. The number of ketones is 1. The standard InChI is InChI=1S/C15H16ClNO3S/c1-9-5-10-6-11(12(16)7-13(10)17-9)14(18)8-21-4-3-15(19)20-2/h6-7,17H,1,3-5,8H2,2H3. The normalized spacial score (nSPS) is 12.8. The monoisotopic (exact) mass is 325 g/mol. The number of carbonyl (C=O) groups is 2. The van der Waals surface area contributed by atoms with Gasteiger partial charge in [-0.1, -0.05) is 18.2 Å². The second-order valence-electron chi connectivity index (χ2n) is 4.70. The first-order chi connectivity index (χ1) is 10.0. The molecule has 1 heterocycles. The number of esters is 1. The summed E-state index contributed by atoms with van der Waals surface area (Å²) in [4.78, 5) is 23.2. The number of carbonyl (C=O) groups excluding carboxylic acids is 2. The number of hydrogen-bond donors (Lipinski definition) is 1. The van der Waals surface area contributed by atoms with Gasteiger partial charge in [-0.05, 0) is 17.7 Å². The molecule has 2 rings (SSSR count). The van der Waals surface area contributed by atoms with Crippen LogP contribution in [0.25, 0.3) is 0 Å². The fourth-order valence-corrected chi connectivity index (χ4v) is 3.12. The van der Waals surface area contributed by atoms with Crippen molar-refractivity contribution in [3.8, 4) is 0 Å². The van der Waals surface area contributed by atoms with Crippen molar-refractivity contribution in [1.82, 2.24) is 0 Å². The molecule has 1 aliphatic heterocycles. The number of fused-ring (bicyclic) bond motifs is 1. The molecule has 21 heavy (non-hydrogen) atoms. The molecule has 0 saturated carbocycles. The Balaban J connectivity index is 1.95. The second-order valence-corrected chi connectivity index (χ2v) is 6.21. The van der Waals surface area contributed by atoms with E-state index in [2.05, 4.69) is 16.6 Å². The van der Waals surface area contributed by atoms with Gasteiger partial charge in [0.2, 0.25) is 0 Å². The van der Waals surface area contributed by atoms with Gasteiger partial charge in [0.1, 0.15) is 0 Å². The predicted molar refractivity (Wildman–Crippen MR) is 86.2 cm³/mol. The number of halogens is 1. The average Bonchev–Trinajstić information content (AvgIpc) is 2.81. The Labute approximate surface area is 132 Å². The number of ether oxygens (including phenoxy) is 1. The van der Waals surface area contributed by atoms with Crippen molar-refractivity contribution in [3.63, 3.8) is 0 Å². The number of nitrogens with one attached hydrogen (secondary N) is 1. The van der Waals surface area contributed by atoms with Crippen molar-refractivity contribution in [1.29, 1.82) is 0 Å². The Kier molecular flexibility index (Phi) is 5.31. The molecule has 1 N–H and O–H groups in total. The van der Waals surface area contributed by atoms with Gasteiger partial charge in [0.15, 0.2) is 5.78 Å². The highest BCUT2D eigenvalue weighted by Gasteiger charge is 2.19. The first kappa shape index (κ1) is 15.9. The van der Waals surface area contributed by atoms with Crippen molar-refractivity contribution in [2.75, 3.05) is 23.9 Å². The largest absolute Gasteiger partial charge is 0.469 e. The lowest BCUT2D eigenvalue weighted by Gasteiger charge is -2.07. The minimum atomic E-state index is -0.268. The molecule has 0 amide bonds. The smallest absolute Gasteiger partial charge is 0.306 e. The van der Waals surface area contributed by atoms with E-state index in [1.807, 2.05) is 6.07 Å². The van der Waals surface area contributed by atoms with E-state index in [0.29, 0.717) is 34.9 Å². The highest BCUT2D eigenvalue weighted by atomic mass is 35.5. The van der Waals surface area contributed by atoms with E-state index in [1.54, 1.807) is 6.07 Å². The number of benzene rings is 1. The van der Waals surface area contributed by atoms with Crippen LogP contribution < -0.4 is 5.32 Å². The molecule has 0 atom stereocenters. The van der Waals surface area contributed by atoms with Crippen molar-refractivity contribution < 1.29 is 14.3 Å². The predicted octanol–water partition coefficient (Wildman–Crippen LogP) is 3.30. The van der Waals surface area contributed by atoms with Gasteiger partial charge in [0.05, 0.1) is 24.3 Å². The molecule has 0 bridgehead atoms. The van der Waals surface area contributed by atoms with Gasteiger partial charge in [-0.3, -0.25) is 9.59 Å². The molecule has 0 fully saturated rings. The van der Waals surface area contributed by atoms with E-state index >= 15 is 0 Å². The van der Waals surface area contributed by atoms with Crippen molar-refractivity contribution >= 4 is 40.8 Å². The van der Waals surface area contributed by atoms with E-state index in [9.17, 15) is 9.59 Å². The van der Waals surface area contributed by atoms with Crippen LogP contribution in [0.5, 0.6) is 0 Å². The lowest BCUT2D eigenvalue weighted by atomic mass is 10.1. The maximum absolute atomic E-state index is 12.2. The Hall–Kier alpha value is -1.46. The summed E-state index contributed by atoms with van der Waals surface area (Å²) in [6.07, 6.45) is 1.01. The third-order valence-electron chi connectivity index (χ3n) is 3.12. The van der Waals surface area contributed by atoms with Crippen molar-refractivity contribution in [3.05, 3.63) is 40.6 Å². The van der Waals surface area contributed by atoms with Crippen LogP contribution in [0.1, 0.15) is 22.3 Å². The first-order valence-electron chi connectivity index (χ1n) is 6.46. The zero-order valence-corrected chi connectivity index (χ0v) is 13.3. The summed E-state index contributed by atoms with van der Waals surface area (Å²) in [6, 6.07) is 3.59. The number of methoxy groups -OCH3 is 1. The number of allylic oxidation sites excluding steroid dienone is 1. The lowest BCUT2D eigenvalue weighted by Crippen LogP contribution is -2.07. The van der Waals surface area contributed by atoms with Gasteiger partial charge in [0.25, 0.3) is 0 Å². The second kappa shape index (κ2) is 7.00. The SMILES string of the molecule is C=C1Cc2cc(C(=O)CSCCC(=O)OC)c(Cl)cc2N1. The molecule has 1 aliphatic rings. The van der Waals surface area contributed by atoms with Crippen LogP contribution >= 0.6 is 23.4 Å². The molecule has 0 saturated heterocycles. The molecule has 0 spiro atoms. The van der Waals surface area contributed by atoms with Gasteiger partial charge >= 0.3 is 5.97 Å². The molecule has 0 unspecified atom stereocenters. The molecule has 4 nitrogen and oxygen atoms in total. The van der Waals surface area contributed by atoms with Crippen LogP contribution in [0.4, 0.5) is 5.69 Å². The molecule has 0 aliphatic carbocycles. The van der Waals surface area contributed by atoms with Crippen LogP contribution in [-0.2, 0) is 16.0 Å². The number of rotatable bonds is 6. The summed E-state index contributed by atoms with van der Waals surface area (Å²) in [6.45, 7) is 3.87. The van der Waals surface area contributed by atoms with E-state index in [0.717, 1.165) is 16.9 Å². The maximum atomic E-state index is 12.2. The average molecular weight is 326 g/mol. The van der Waals surface area contributed by atoms with Crippen molar-refractivity contribution in [2.24, 2.45) is 0 Å². The van der Waals surface area contributed by atoms with Gasteiger partial charge in [0, 0.05) is 29.1 Å². The molecule has 0 aromatic heterocycles. The summed E-state index contributed by atoms with van der Waals surface area (Å²) >= 11 is 7.56. The topological polar surface area (TPSA) is 55.4 Å². The summed E-state index contributed by atoms with van der Waals surface area (Å²) in [5.41, 5.74) is 3.38. The van der Waals surface area contributed by atoms with Crippen LogP contribution in [0.15, 0.2) is 24.4 Å². The summed E-state index contributed by atoms with van der Waals surface area (Å²) in [7, 11) is 1.35. The van der Waals surface area contributed by atoms with E-state index < -0.39 is 0 Å². The van der Waals surface area contributed by atoms with Gasteiger partial charge in [-0.15, -0.1) is 0 Å². The molecular weight excluding hydrogens is 310 g/mol. The minimum Gasteiger partial charge on any atom is -0.469 e.